The van der Waals surface area contributed by atoms with Gasteiger partial charge in [0.25, 0.3) is 5.56 Å². The van der Waals surface area contributed by atoms with Gasteiger partial charge in [-0.2, -0.15) is 13.2 Å². The summed E-state index contributed by atoms with van der Waals surface area (Å²) in [5.74, 6) is 0. The highest BCUT2D eigenvalue weighted by Gasteiger charge is 2.34. The van der Waals surface area contributed by atoms with E-state index in [-0.39, 0.29) is 18.8 Å². The molecule has 6 nitrogen and oxygen atoms in total. The summed E-state index contributed by atoms with van der Waals surface area (Å²) in [6.07, 6.45) is -1.52. The van der Waals surface area contributed by atoms with Crippen LogP contribution in [0, 0.1) is 0 Å². The summed E-state index contributed by atoms with van der Waals surface area (Å²) in [4.78, 5) is 27.7. The molecule has 2 heterocycles. The zero-order valence-corrected chi connectivity index (χ0v) is 12.7. The Kier molecular flexibility index (Phi) is 5.22. The number of alkyl halides is 3. The molecule has 0 radical (unpaired) electrons. The Hall–Kier alpha value is -2.84. The van der Waals surface area contributed by atoms with Gasteiger partial charge in [0.2, 0.25) is 0 Å². The molecule has 0 saturated carbocycles. The highest BCUT2D eigenvalue weighted by atomic mass is 19.4. The van der Waals surface area contributed by atoms with Gasteiger partial charge in [-0.1, -0.05) is 0 Å². The number of aromatic nitrogens is 2. The molecule has 0 fully saturated rings. The van der Waals surface area contributed by atoms with E-state index in [1.54, 1.807) is 24.5 Å². The van der Waals surface area contributed by atoms with Gasteiger partial charge in [-0.05, 0) is 36.8 Å². The molecule has 9 heteroatoms. The minimum Gasteiger partial charge on any atom is -0.334 e. The standard InChI is InChI=1S/C15H15F3N4O2/c1-2-22-12(15(16,17)18)4-3-11(13(22)23)21-14(24)20-9-10-5-7-19-8-6-10/h3-8H,2,9H2,1H3,(H2,20,21,24). The predicted octanol–water partition coefficient (Wildman–Crippen LogP) is 2.60. The molecule has 2 N–H and O–H groups in total. The molecule has 0 atom stereocenters. The number of carbonyl (C=O) groups is 1. The van der Waals surface area contributed by atoms with E-state index in [4.69, 9.17) is 0 Å². The van der Waals surface area contributed by atoms with Crippen LogP contribution in [0.3, 0.4) is 0 Å². The summed E-state index contributed by atoms with van der Waals surface area (Å²) in [5, 5.41) is 4.78. The van der Waals surface area contributed by atoms with Crippen LogP contribution in [-0.4, -0.2) is 15.6 Å². The van der Waals surface area contributed by atoms with Crippen LogP contribution in [0.4, 0.5) is 23.7 Å². The van der Waals surface area contributed by atoms with Gasteiger partial charge in [0, 0.05) is 25.5 Å². The van der Waals surface area contributed by atoms with Gasteiger partial charge >= 0.3 is 12.2 Å². The van der Waals surface area contributed by atoms with Crippen LogP contribution in [0.1, 0.15) is 18.2 Å². The zero-order chi connectivity index (χ0) is 17.7. The molecule has 0 bridgehead atoms. The molecule has 0 aliphatic rings. The Morgan fingerprint density at radius 1 is 1.21 bits per heavy atom. The Morgan fingerprint density at radius 2 is 1.88 bits per heavy atom. The van der Waals surface area contributed by atoms with Gasteiger partial charge in [-0.15, -0.1) is 0 Å². The average Bonchev–Trinajstić information content (AvgIpc) is 2.54. The van der Waals surface area contributed by atoms with E-state index in [0.717, 1.165) is 17.7 Å². The van der Waals surface area contributed by atoms with Gasteiger partial charge in [-0.3, -0.25) is 9.78 Å². The fourth-order valence-electron chi connectivity index (χ4n) is 2.08. The number of nitrogens with one attached hydrogen (secondary N) is 2. The predicted molar refractivity (Wildman–Crippen MR) is 81.5 cm³/mol. The van der Waals surface area contributed by atoms with Gasteiger partial charge in [0.1, 0.15) is 11.4 Å². The van der Waals surface area contributed by atoms with Crippen LogP contribution in [0.5, 0.6) is 0 Å². The molecule has 0 saturated heterocycles. The molecule has 0 aromatic carbocycles. The zero-order valence-electron chi connectivity index (χ0n) is 12.7. The first-order valence-corrected chi connectivity index (χ1v) is 7.07. The topological polar surface area (TPSA) is 76.0 Å². The number of hydrogen-bond acceptors (Lipinski definition) is 3. The second kappa shape index (κ2) is 7.16. The Bertz CT molecular complexity index is 773. The number of carbonyl (C=O) groups excluding carboxylic acids is 1. The SMILES string of the molecule is CCn1c(C(F)(F)F)ccc(NC(=O)NCc2ccncc2)c1=O. The van der Waals surface area contributed by atoms with Gasteiger partial charge in [0.05, 0.1) is 0 Å². The quantitative estimate of drug-likeness (QED) is 0.898. The van der Waals surface area contributed by atoms with Crippen molar-refractivity contribution in [1.29, 1.82) is 0 Å². The minimum absolute atomic E-state index is 0.165. The first-order valence-electron chi connectivity index (χ1n) is 7.07. The second-order valence-electron chi connectivity index (χ2n) is 4.84. The Labute approximate surface area is 135 Å². The van der Waals surface area contributed by atoms with Crippen LogP contribution in [0.25, 0.3) is 0 Å². The van der Waals surface area contributed by atoms with Crippen molar-refractivity contribution in [3.05, 3.63) is 58.3 Å². The molecule has 0 spiro atoms. The smallest absolute Gasteiger partial charge is 0.334 e. The maximum Gasteiger partial charge on any atom is 0.431 e. The van der Waals surface area contributed by atoms with Crippen molar-refractivity contribution < 1.29 is 18.0 Å². The Balaban J connectivity index is 2.12. The van der Waals surface area contributed by atoms with E-state index in [9.17, 15) is 22.8 Å². The van der Waals surface area contributed by atoms with E-state index >= 15 is 0 Å². The average molecular weight is 340 g/mol. The molecule has 0 aliphatic heterocycles. The highest BCUT2D eigenvalue weighted by Crippen LogP contribution is 2.28. The van der Waals surface area contributed by atoms with Crippen LogP contribution >= 0.6 is 0 Å². The van der Waals surface area contributed by atoms with Crippen molar-refractivity contribution in [3.63, 3.8) is 0 Å². The van der Waals surface area contributed by atoms with Crippen LogP contribution < -0.4 is 16.2 Å². The lowest BCUT2D eigenvalue weighted by Crippen LogP contribution is -2.34. The fourth-order valence-corrected chi connectivity index (χ4v) is 2.08. The van der Waals surface area contributed by atoms with Crippen LogP contribution in [-0.2, 0) is 19.3 Å². The maximum atomic E-state index is 12.9. The van der Waals surface area contributed by atoms with Gasteiger partial charge in [0.15, 0.2) is 0 Å². The molecule has 2 aromatic rings. The number of urea groups is 1. The normalized spacial score (nSPS) is 11.2. The Morgan fingerprint density at radius 3 is 2.46 bits per heavy atom. The summed E-state index contributed by atoms with van der Waals surface area (Å²) in [6, 6.07) is 4.42. The third kappa shape index (κ3) is 4.12. The van der Waals surface area contributed by atoms with Gasteiger partial charge < -0.3 is 15.2 Å². The van der Waals surface area contributed by atoms with E-state index < -0.39 is 23.5 Å². The van der Waals surface area contributed by atoms with E-state index in [1.807, 2.05) is 0 Å². The maximum absolute atomic E-state index is 12.9. The number of hydrogen-bond donors (Lipinski definition) is 2. The monoisotopic (exact) mass is 340 g/mol. The number of amides is 2. The lowest BCUT2D eigenvalue weighted by Gasteiger charge is -2.15. The molecule has 128 valence electrons. The van der Waals surface area contributed by atoms with E-state index in [2.05, 4.69) is 15.6 Å². The molecule has 0 aliphatic carbocycles. The molecular formula is C15H15F3N4O2. The molecule has 2 amide bonds. The van der Waals surface area contributed by atoms with E-state index in [0.29, 0.717) is 4.57 Å². The second-order valence-corrected chi connectivity index (χ2v) is 4.84. The van der Waals surface area contributed by atoms with E-state index in [1.165, 1.54) is 6.92 Å². The van der Waals surface area contributed by atoms with Crippen LogP contribution in [0.15, 0.2) is 41.5 Å². The summed E-state index contributed by atoms with van der Waals surface area (Å²) < 4.78 is 39.1. The van der Waals surface area contributed by atoms with Crippen LogP contribution in [0.2, 0.25) is 0 Å². The third-order valence-electron chi connectivity index (χ3n) is 3.23. The van der Waals surface area contributed by atoms with Gasteiger partial charge in [-0.25, -0.2) is 4.79 Å². The van der Waals surface area contributed by atoms with Crippen molar-refractivity contribution in [2.75, 3.05) is 5.32 Å². The summed E-state index contributed by atoms with van der Waals surface area (Å²) in [6.45, 7) is 1.45. The largest absolute Gasteiger partial charge is 0.431 e. The lowest BCUT2D eigenvalue weighted by atomic mass is 10.3. The number of nitrogens with zero attached hydrogens (tertiary/aromatic N) is 2. The van der Waals surface area contributed by atoms with Crippen molar-refractivity contribution >= 4 is 11.7 Å². The van der Waals surface area contributed by atoms with Crippen molar-refractivity contribution in [1.82, 2.24) is 14.9 Å². The van der Waals surface area contributed by atoms with Crippen molar-refractivity contribution in [3.8, 4) is 0 Å². The molecule has 2 rings (SSSR count). The molecule has 0 unspecified atom stereocenters. The highest BCUT2D eigenvalue weighted by molar-refractivity contribution is 5.88. The third-order valence-corrected chi connectivity index (χ3v) is 3.23. The number of rotatable bonds is 4. The number of anilines is 1. The lowest BCUT2D eigenvalue weighted by molar-refractivity contribution is -0.144. The summed E-state index contributed by atoms with van der Waals surface area (Å²) in [7, 11) is 0. The van der Waals surface area contributed by atoms with Crippen molar-refractivity contribution in [2.45, 2.75) is 26.2 Å². The van der Waals surface area contributed by atoms with Crippen molar-refractivity contribution in [2.24, 2.45) is 0 Å². The first kappa shape index (κ1) is 17.5. The summed E-state index contributed by atoms with van der Waals surface area (Å²) in [5.41, 5.74) is -1.40. The number of pyridine rings is 2. The molecule has 24 heavy (non-hydrogen) atoms. The summed E-state index contributed by atoms with van der Waals surface area (Å²) >= 11 is 0. The fraction of sp³-hybridized carbons (Fsp3) is 0.267. The minimum atomic E-state index is -4.64. The number of halogens is 3. The first-order chi connectivity index (χ1) is 11.3. The molecule has 2 aromatic heterocycles. The molecular weight excluding hydrogens is 325 g/mol.